The third-order valence-electron chi connectivity index (χ3n) is 2.04. The Morgan fingerprint density at radius 1 is 1.29 bits per heavy atom. The summed E-state index contributed by atoms with van der Waals surface area (Å²) in [4.78, 5) is 13.4. The quantitative estimate of drug-likeness (QED) is 0.730. The zero-order valence-electron chi connectivity index (χ0n) is 8.89. The Morgan fingerprint density at radius 3 is 2.36 bits per heavy atom. The minimum atomic E-state index is 0.0706. The van der Waals surface area contributed by atoms with Crippen molar-refractivity contribution in [3.05, 3.63) is 32.4 Å². The molecule has 0 aliphatic rings. The fraction of sp³-hybridized carbons (Fsp3) is 0.364. The highest BCUT2D eigenvalue weighted by Gasteiger charge is 2.13. The van der Waals surface area contributed by atoms with Gasteiger partial charge < -0.3 is 4.90 Å². The number of aryl methyl sites for hydroxylation is 2. The fourth-order valence-electron chi connectivity index (χ4n) is 1.35. The molecule has 0 saturated carbocycles. The van der Waals surface area contributed by atoms with E-state index >= 15 is 0 Å². The number of carbonyl (C=O) groups excluding carboxylic acids is 1. The van der Waals surface area contributed by atoms with Crippen molar-refractivity contribution >= 4 is 28.5 Å². The molecular formula is C11H14INO. The molecule has 0 spiro atoms. The summed E-state index contributed by atoms with van der Waals surface area (Å²) < 4.78 is 1.05. The van der Waals surface area contributed by atoms with E-state index < -0.39 is 0 Å². The second kappa shape index (κ2) is 4.29. The molecule has 0 bridgehead atoms. The highest BCUT2D eigenvalue weighted by Crippen LogP contribution is 2.20. The topological polar surface area (TPSA) is 20.3 Å². The van der Waals surface area contributed by atoms with Gasteiger partial charge in [0.15, 0.2) is 0 Å². The molecule has 76 valence electrons. The second-order valence-electron chi connectivity index (χ2n) is 3.64. The van der Waals surface area contributed by atoms with E-state index in [1.54, 1.807) is 19.0 Å². The first-order valence-corrected chi connectivity index (χ1v) is 5.49. The molecule has 0 aliphatic heterocycles. The van der Waals surface area contributed by atoms with E-state index in [1.807, 2.05) is 19.9 Å². The molecule has 1 amide bonds. The maximum atomic E-state index is 11.8. The first-order valence-electron chi connectivity index (χ1n) is 4.42. The van der Waals surface area contributed by atoms with Crippen LogP contribution in [-0.2, 0) is 0 Å². The number of carbonyl (C=O) groups is 1. The lowest BCUT2D eigenvalue weighted by Crippen LogP contribution is -2.23. The molecule has 1 aromatic carbocycles. The molecule has 0 unspecified atom stereocenters. The Hall–Kier alpha value is -0.580. The van der Waals surface area contributed by atoms with Crippen molar-refractivity contribution in [2.75, 3.05) is 14.1 Å². The first kappa shape index (κ1) is 11.5. The Labute approximate surface area is 98.4 Å². The van der Waals surface area contributed by atoms with Gasteiger partial charge in [-0.1, -0.05) is 11.6 Å². The molecule has 0 saturated heterocycles. The lowest BCUT2D eigenvalue weighted by atomic mass is 10.1. The molecule has 1 rings (SSSR count). The average Bonchev–Trinajstić information content (AvgIpc) is 2.09. The van der Waals surface area contributed by atoms with Crippen LogP contribution in [0.3, 0.4) is 0 Å². The Balaban J connectivity index is 3.27. The van der Waals surface area contributed by atoms with Crippen molar-refractivity contribution < 1.29 is 4.79 Å². The van der Waals surface area contributed by atoms with Gasteiger partial charge in [-0.2, -0.15) is 0 Å². The van der Waals surface area contributed by atoms with Crippen LogP contribution in [0.2, 0.25) is 0 Å². The van der Waals surface area contributed by atoms with Gasteiger partial charge in [0.05, 0.1) is 5.56 Å². The van der Waals surface area contributed by atoms with Gasteiger partial charge in [-0.05, 0) is 48.1 Å². The highest BCUT2D eigenvalue weighted by atomic mass is 127. The molecule has 0 heterocycles. The van der Waals surface area contributed by atoms with Gasteiger partial charge >= 0.3 is 0 Å². The standard InChI is InChI=1S/C11H14INO/c1-7-5-8(2)10(12)9(6-7)11(14)13(3)4/h5-6H,1-4H3. The maximum absolute atomic E-state index is 11.8. The van der Waals surface area contributed by atoms with Crippen molar-refractivity contribution in [2.45, 2.75) is 13.8 Å². The summed E-state index contributed by atoms with van der Waals surface area (Å²) in [6, 6.07) is 4.03. The van der Waals surface area contributed by atoms with Crippen molar-refractivity contribution in [1.29, 1.82) is 0 Å². The summed E-state index contributed by atoms with van der Waals surface area (Å²) >= 11 is 2.22. The molecule has 0 aromatic heterocycles. The van der Waals surface area contributed by atoms with Crippen LogP contribution in [0.15, 0.2) is 12.1 Å². The normalized spacial score (nSPS) is 10.1. The monoisotopic (exact) mass is 303 g/mol. The average molecular weight is 303 g/mol. The number of hydrogen-bond acceptors (Lipinski definition) is 1. The molecule has 0 aliphatic carbocycles. The summed E-state index contributed by atoms with van der Waals surface area (Å²) in [7, 11) is 3.55. The van der Waals surface area contributed by atoms with Crippen molar-refractivity contribution in [3.63, 3.8) is 0 Å². The Bertz CT molecular complexity index is 372. The zero-order valence-corrected chi connectivity index (χ0v) is 11.0. The number of halogens is 1. The predicted octanol–water partition coefficient (Wildman–Crippen LogP) is 2.61. The number of rotatable bonds is 1. The van der Waals surface area contributed by atoms with E-state index in [0.29, 0.717) is 0 Å². The molecule has 14 heavy (non-hydrogen) atoms. The molecule has 0 atom stereocenters. The van der Waals surface area contributed by atoms with Gasteiger partial charge in [0, 0.05) is 17.7 Å². The number of hydrogen-bond donors (Lipinski definition) is 0. The molecule has 2 nitrogen and oxygen atoms in total. The smallest absolute Gasteiger partial charge is 0.254 e. The van der Waals surface area contributed by atoms with Crippen LogP contribution in [0.25, 0.3) is 0 Å². The van der Waals surface area contributed by atoms with E-state index in [-0.39, 0.29) is 5.91 Å². The van der Waals surface area contributed by atoms with Crippen LogP contribution >= 0.6 is 22.6 Å². The SMILES string of the molecule is Cc1cc(C)c(I)c(C(=O)N(C)C)c1. The van der Waals surface area contributed by atoms with Gasteiger partial charge in [-0.15, -0.1) is 0 Å². The van der Waals surface area contributed by atoms with Gasteiger partial charge in [0.2, 0.25) is 0 Å². The summed E-state index contributed by atoms with van der Waals surface area (Å²) in [6.45, 7) is 4.04. The van der Waals surface area contributed by atoms with Gasteiger partial charge in [0.1, 0.15) is 0 Å². The van der Waals surface area contributed by atoms with Gasteiger partial charge in [-0.25, -0.2) is 0 Å². The first-order chi connectivity index (χ1) is 6.43. The molecular weight excluding hydrogens is 289 g/mol. The van der Waals surface area contributed by atoms with E-state index in [4.69, 9.17) is 0 Å². The number of nitrogens with zero attached hydrogens (tertiary/aromatic N) is 1. The van der Waals surface area contributed by atoms with Gasteiger partial charge in [0.25, 0.3) is 5.91 Å². The van der Waals surface area contributed by atoms with Crippen LogP contribution in [0.4, 0.5) is 0 Å². The van der Waals surface area contributed by atoms with Crippen molar-refractivity contribution in [2.24, 2.45) is 0 Å². The molecule has 3 heteroatoms. The summed E-state index contributed by atoms with van der Waals surface area (Å²) in [6.07, 6.45) is 0. The van der Waals surface area contributed by atoms with E-state index in [0.717, 1.165) is 20.3 Å². The Morgan fingerprint density at radius 2 is 1.86 bits per heavy atom. The molecule has 1 aromatic rings. The summed E-state index contributed by atoms with van der Waals surface area (Å²) in [5.41, 5.74) is 3.09. The van der Waals surface area contributed by atoms with Crippen LogP contribution in [0.5, 0.6) is 0 Å². The van der Waals surface area contributed by atoms with Crippen LogP contribution in [0.1, 0.15) is 21.5 Å². The lowest BCUT2D eigenvalue weighted by Gasteiger charge is -2.13. The maximum Gasteiger partial charge on any atom is 0.254 e. The molecule has 0 fully saturated rings. The van der Waals surface area contributed by atoms with Crippen molar-refractivity contribution in [3.8, 4) is 0 Å². The largest absolute Gasteiger partial charge is 0.345 e. The number of amides is 1. The minimum absolute atomic E-state index is 0.0706. The van der Waals surface area contributed by atoms with Crippen LogP contribution in [0, 0.1) is 17.4 Å². The van der Waals surface area contributed by atoms with E-state index in [9.17, 15) is 4.79 Å². The second-order valence-corrected chi connectivity index (χ2v) is 4.72. The van der Waals surface area contributed by atoms with Crippen molar-refractivity contribution in [1.82, 2.24) is 4.90 Å². The van der Waals surface area contributed by atoms with E-state index in [1.165, 1.54) is 0 Å². The third-order valence-corrected chi connectivity index (χ3v) is 3.47. The van der Waals surface area contributed by atoms with Crippen LogP contribution in [-0.4, -0.2) is 24.9 Å². The molecule has 0 radical (unpaired) electrons. The van der Waals surface area contributed by atoms with E-state index in [2.05, 4.69) is 28.7 Å². The number of benzene rings is 1. The zero-order chi connectivity index (χ0) is 10.9. The predicted molar refractivity (Wildman–Crippen MR) is 66.7 cm³/mol. The Kier molecular flexibility index (Phi) is 3.53. The summed E-state index contributed by atoms with van der Waals surface area (Å²) in [5.74, 6) is 0.0706. The minimum Gasteiger partial charge on any atom is -0.345 e. The van der Waals surface area contributed by atoms with Crippen LogP contribution < -0.4 is 0 Å². The molecule has 0 N–H and O–H groups in total. The third kappa shape index (κ3) is 2.26. The van der Waals surface area contributed by atoms with Gasteiger partial charge in [-0.3, -0.25) is 4.79 Å². The highest BCUT2D eigenvalue weighted by molar-refractivity contribution is 14.1. The lowest BCUT2D eigenvalue weighted by molar-refractivity contribution is 0.0826. The summed E-state index contributed by atoms with van der Waals surface area (Å²) in [5, 5.41) is 0. The fourth-order valence-corrected chi connectivity index (χ4v) is 1.89.